The molecule has 0 radical (unpaired) electrons. The molecule has 0 aromatic heterocycles. The van der Waals surface area contributed by atoms with E-state index in [2.05, 4.69) is 20.9 Å². The summed E-state index contributed by atoms with van der Waals surface area (Å²) in [6, 6.07) is 5.18. The van der Waals surface area contributed by atoms with Crippen LogP contribution in [-0.4, -0.2) is 72.0 Å². The highest BCUT2D eigenvalue weighted by molar-refractivity contribution is 5.94. The van der Waals surface area contributed by atoms with E-state index in [-0.39, 0.29) is 44.1 Å². The number of aliphatic carboxylic acids is 1. The number of guanidine groups is 1. The molecule has 4 atom stereocenters. The van der Waals surface area contributed by atoms with Crippen molar-refractivity contribution in [3.8, 4) is 0 Å². The average Bonchev–Trinajstić information content (AvgIpc) is 2.89. The fraction of sp³-hybridized carbons (Fsp3) is 0.593. The van der Waals surface area contributed by atoms with Crippen LogP contribution < -0.4 is 38.9 Å². The molecule has 0 saturated heterocycles. The van der Waals surface area contributed by atoms with Gasteiger partial charge >= 0.3 is 5.97 Å². The summed E-state index contributed by atoms with van der Waals surface area (Å²) in [5.74, 6) is -3.00. The molecule has 0 heterocycles. The molecule has 13 heteroatoms. The Morgan fingerprint density at radius 2 is 1.43 bits per heavy atom. The maximum absolute atomic E-state index is 13.4. The Morgan fingerprint density at radius 1 is 0.850 bits per heavy atom. The van der Waals surface area contributed by atoms with Crippen LogP contribution >= 0.6 is 0 Å². The first-order valence-corrected chi connectivity index (χ1v) is 13.6. The minimum Gasteiger partial charge on any atom is -0.480 e. The van der Waals surface area contributed by atoms with Crippen LogP contribution in [0.5, 0.6) is 0 Å². The van der Waals surface area contributed by atoms with Gasteiger partial charge < -0.3 is 44.0 Å². The molecule has 12 N–H and O–H groups in total. The summed E-state index contributed by atoms with van der Waals surface area (Å²) in [5.41, 5.74) is 23.2. The Labute approximate surface area is 235 Å². The van der Waals surface area contributed by atoms with Gasteiger partial charge in [0.05, 0.1) is 6.04 Å². The summed E-state index contributed by atoms with van der Waals surface area (Å²) in [7, 11) is 0. The van der Waals surface area contributed by atoms with E-state index >= 15 is 0 Å². The quantitative estimate of drug-likeness (QED) is 0.0604. The van der Waals surface area contributed by atoms with Crippen molar-refractivity contribution in [2.45, 2.75) is 83.0 Å². The lowest BCUT2D eigenvalue weighted by Crippen LogP contribution is -2.57. The number of unbranched alkanes of at least 4 members (excludes halogenated alkanes) is 1. The molecule has 1 aromatic rings. The third kappa shape index (κ3) is 13.9. The van der Waals surface area contributed by atoms with E-state index in [0.717, 1.165) is 5.56 Å². The molecular formula is C27H46N8O5. The van der Waals surface area contributed by atoms with Crippen LogP contribution in [0.2, 0.25) is 0 Å². The fourth-order valence-corrected chi connectivity index (χ4v) is 4.01. The summed E-state index contributed by atoms with van der Waals surface area (Å²) >= 11 is 0. The highest BCUT2D eigenvalue weighted by Gasteiger charge is 2.30. The van der Waals surface area contributed by atoms with Crippen LogP contribution in [-0.2, 0) is 25.6 Å². The number of carbonyl (C=O) groups is 4. The Morgan fingerprint density at radius 3 is 2.00 bits per heavy atom. The summed E-state index contributed by atoms with van der Waals surface area (Å²) in [6.07, 6.45) is 2.45. The molecule has 1 aromatic carbocycles. The van der Waals surface area contributed by atoms with Crippen molar-refractivity contribution in [3.05, 3.63) is 35.9 Å². The lowest BCUT2D eigenvalue weighted by Gasteiger charge is -2.26. The number of carboxylic acids is 1. The lowest BCUT2D eigenvalue weighted by molar-refractivity contribution is -0.142. The smallest absolute Gasteiger partial charge is 0.326 e. The van der Waals surface area contributed by atoms with Crippen molar-refractivity contribution in [2.24, 2.45) is 33.8 Å². The monoisotopic (exact) mass is 562 g/mol. The third-order valence-electron chi connectivity index (χ3n) is 6.12. The van der Waals surface area contributed by atoms with Gasteiger partial charge in [0.1, 0.15) is 18.1 Å². The van der Waals surface area contributed by atoms with Crippen molar-refractivity contribution in [1.29, 1.82) is 0 Å². The van der Waals surface area contributed by atoms with Crippen molar-refractivity contribution in [2.75, 3.05) is 13.1 Å². The number of carbonyl (C=O) groups excluding carboxylic acids is 3. The van der Waals surface area contributed by atoms with E-state index < -0.39 is 47.9 Å². The fourth-order valence-electron chi connectivity index (χ4n) is 4.01. The standard InChI is InChI=1S/C27H46N8O5/c1-17(2)15-22(25(38)34-21(26(39)40)11-6-7-13-28)35-24(37)20(12-8-14-32-27(30)31)33-23(36)19(29)16-18-9-4-3-5-10-18/h3-5,9-10,17,19-22H,6-8,11-16,28-29H2,1-2H3,(H,33,36)(H,34,38)(H,35,37)(H,39,40)(H4,30,31,32). The van der Waals surface area contributed by atoms with E-state index in [1.165, 1.54) is 0 Å². The Bertz CT molecular complexity index is 969. The Hall–Kier alpha value is -3.71. The lowest BCUT2D eigenvalue weighted by atomic mass is 10.0. The van der Waals surface area contributed by atoms with Crippen molar-refractivity contribution >= 4 is 29.7 Å². The van der Waals surface area contributed by atoms with Gasteiger partial charge in [-0.15, -0.1) is 0 Å². The highest BCUT2D eigenvalue weighted by Crippen LogP contribution is 2.10. The van der Waals surface area contributed by atoms with Crippen LogP contribution in [0.15, 0.2) is 35.3 Å². The van der Waals surface area contributed by atoms with Crippen molar-refractivity contribution in [3.63, 3.8) is 0 Å². The molecule has 0 fully saturated rings. The molecule has 3 amide bonds. The molecule has 0 aliphatic carbocycles. The second-order valence-electron chi connectivity index (χ2n) is 10.2. The van der Waals surface area contributed by atoms with Gasteiger partial charge in [-0.3, -0.25) is 19.4 Å². The number of nitrogens with zero attached hydrogens (tertiary/aromatic N) is 1. The minimum absolute atomic E-state index is 0.00534. The second kappa shape index (κ2) is 18.6. The molecule has 13 nitrogen and oxygen atoms in total. The van der Waals surface area contributed by atoms with Gasteiger partial charge in [0, 0.05) is 6.54 Å². The first kappa shape index (κ1) is 34.3. The van der Waals surface area contributed by atoms with Crippen LogP contribution in [0, 0.1) is 5.92 Å². The number of nitrogens with one attached hydrogen (secondary N) is 3. The SMILES string of the molecule is CC(C)CC(NC(=O)C(CCCN=C(N)N)NC(=O)C(N)Cc1ccccc1)C(=O)NC(CCCCN)C(=O)O. The molecule has 224 valence electrons. The topological polar surface area (TPSA) is 241 Å². The highest BCUT2D eigenvalue weighted by atomic mass is 16.4. The molecule has 1 rings (SSSR count). The largest absolute Gasteiger partial charge is 0.480 e. The maximum atomic E-state index is 13.4. The van der Waals surface area contributed by atoms with Gasteiger partial charge in [-0.2, -0.15) is 0 Å². The van der Waals surface area contributed by atoms with Crippen molar-refractivity contribution < 1.29 is 24.3 Å². The maximum Gasteiger partial charge on any atom is 0.326 e. The third-order valence-corrected chi connectivity index (χ3v) is 6.12. The minimum atomic E-state index is -1.17. The number of hydrogen-bond acceptors (Lipinski definition) is 7. The number of carboxylic acid groups (broad SMARTS) is 1. The normalized spacial score (nSPS) is 13.9. The zero-order valence-corrected chi connectivity index (χ0v) is 23.5. The van der Waals surface area contributed by atoms with Gasteiger partial charge in [-0.1, -0.05) is 44.2 Å². The van der Waals surface area contributed by atoms with E-state index in [1.807, 2.05) is 44.2 Å². The predicted molar refractivity (Wildman–Crippen MR) is 154 cm³/mol. The zero-order valence-electron chi connectivity index (χ0n) is 23.5. The molecule has 4 unspecified atom stereocenters. The number of benzene rings is 1. The van der Waals surface area contributed by atoms with Gasteiger partial charge in [0.25, 0.3) is 0 Å². The molecule has 0 aliphatic rings. The Kier molecular flexibility index (Phi) is 15.9. The number of rotatable bonds is 19. The average molecular weight is 563 g/mol. The summed E-state index contributed by atoms with van der Waals surface area (Å²) in [4.78, 5) is 55.0. The summed E-state index contributed by atoms with van der Waals surface area (Å²) < 4.78 is 0. The molecule has 0 bridgehead atoms. The van der Waals surface area contributed by atoms with Crippen LogP contribution in [0.1, 0.15) is 57.9 Å². The summed E-state index contributed by atoms with van der Waals surface area (Å²) in [5, 5.41) is 17.5. The van der Waals surface area contributed by atoms with Gasteiger partial charge in [0.2, 0.25) is 17.7 Å². The van der Waals surface area contributed by atoms with E-state index in [1.54, 1.807) is 0 Å². The zero-order chi connectivity index (χ0) is 30.1. The Balaban J connectivity index is 3.01. The van der Waals surface area contributed by atoms with Crippen LogP contribution in [0.25, 0.3) is 0 Å². The molecule has 0 aliphatic heterocycles. The van der Waals surface area contributed by atoms with Gasteiger partial charge in [-0.05, 0) is 63.0 Å². The predicted octanol–water partition coefficient (Wildman–Crippen LogP) is -0.676. The van der Waals surface area contributed by atoms with E-state index in [4.69, 9.17) is 22.9 Å². The molecule has 40 heavy (non-hydrogen) atoms. The number of nitrogens with two attached hydrogens (primary N) is 4. The first-order valence-electron chi connectivity index (χ1n) is 13.6. The van der Waals surface area contributed by atoms with Crippen LogP contribution in [0.3, 0.4) is 0 Å². The number of aliphatic imine (C=N–C) groups is 1. The number of hydrogen-bond donors (Lipinski definition) is 8. The molecule has 0 spiro atoms. The number of amides is 3. The molecule has 0 saturated carbocycles. The summed E-state index contributed by atoms with van der Waals surface area (Å²) in [6.45, 7) is 4.40. The molecular weight excluding hydrogens is 516 g/mol. The second-order valence-corrected chi connectivity index (χ2v) is 10.2. The van der Waals surface area contributed by atoms with Gasteiger partial charge in [-0.25, -0.2) is 4.79 Å². The van der Waals surface area contributed by atoms with Gasteiger partial charge in [0.15, 0.2) is 5.96 Å². The van der Waals surface area contributed by atoms with E-state index in [0.29, 0.717) is 25.8 Å². The van der Waals surface area contributed by atoms with E-state index in [9.17, 15) is 24.3 Å². The van der Waals surface area contributed by atoms with Crippen molar-refractivity contribution in [1.82, 2.24) is 16.0 Å². The van der Waals surface area contributed by atoms with Crippen LogP contribution in [0.4, 0.5) is 0 Å². The first-order chi connectivity index (χ1) is 18.9.